The first-order valence-corrected chi connectivity index (χ1v) is 7.01. The zero-order chi connectivity index (χ0) is 13.1. The summed E-state index contributed by atoms with van der Waals surface area (Å²) in [6.07, 6.45) is 1.10. The summed E-state index contributed by atoms with van der Waals surface area (Å²) in [6, 6.07) is 4.75. The predicted molar refractivity (Wildman–Crippen MR) is 63.3 cm³/mol. The highest BCUT2D eigenvalue weighted by atomic mass is 32.2. The Balaban J connectivity index is 2.86. The van der Waals surface area contributed by atoms with Crippen molar-refractivity contribution in [1.82, 2.24) is 0 Å². The standard InChI is InChI=1S/C11H14O5S/c1-8-4-3-5-9(11(12)13)10(8)16-6-7-17(2,14)15/h3-5H,6-7H2,1-2H3,(H,12,13). The van der Waals surface area contributed by atoms with Crippen LogP contribution in [0.25, 0.3) is 0 Å². The molecule has 1 aromatic rings. The van der Waals surface area contributed by atoms with Crippen LogP contribution in [0.1, 0.15) is 15.9 Å². The van der Waals surface area contributed by atoms with Gasteiger partial charge in [-0.1, -0.05) is 12.1 Å². The fourth-order valence-corrected chi connectivity index (χ4v) is 1.69. The number of benzene rings is 1. The van der Waals surface area contributed by atoms with Gasteiger partial charge in [-0.2, -0.15) is 0 Å². The molecule has 1 rings (SSSR count). The molecule has 5 nitrogen and oxygen atoms in total. The summed E-state index contributed by atoms with van der Waals surface area (Å²) in [7, 11) is -3.11. The van der Waals surface area contributed by atoms with Crippen LogP contribution in [0, 0.1) is 6.92 Å². The minimum absolute atomic E-state index is 0.0403. The lowest BCUT2D eigenvalue weighted by atomic mass is 10.1. The van der Waals surface area contributed by atoms with Crippen LogP contribution in [0.5, 0.6) is 5.75 Å². The lowest BCUT2D eigenvalue weighted by Gasteiger charge is -2.11. The van der Waals surface area contributed by atoms with Gasteiger partial charge in [-0.3, -0.25) is 0 Å². The van der Waals surface area contributed by atoms with Gasteiger partial charge in [-0.05, 0) is 18.6 Å². The third kappa shape index (κ3) is 4.07. The third-order valence-corrected chi connectivity index (χ3v) is 3.05. The Hall–Kier alpha value is -1.56. The molecule has 0 aliphatic heterocycles. The Kier molecular flexibility index (Phi) is 4.11. The maximum Gasteiger partial charge on any atom is 0.339 e. The van der Waals surface area contributed by atoms with Crippen molar-refractivity contribution >= 4 is 15.8 Å². The molecule has 0 amide bonds. The van der Waals surface area contributed by atoms with E-state index in [2.05, 4.69) is 0 Å². The fourth-order valence-electron chi connectivity index (χ4n) is 1.31. The van der Waals surface area contributed by atoms with E-state index in [1.165, 1.54) is 6.07 Å². The first-order valence-electron chi connectivity index (χ1n) is 4.94. The van der Waals surface area contributed by atoms with Crippen molar-refractivity contribution < 1.29 is 23.1 Å². The fraction of sp³-hybridized carbons (Fsp3) is 0.364. The molecule has 6 heteroatoms. The molecule has 0 aliphatic rings. The van der Waals surface area contributed by atoms with Crippen LogP contribution >= 0.6 is 0 Å². The van der Waals surface area contributed by atoms with E-state index in [-0.39, 0.29) is 23.7 Å². The average Bonchev–Trinajstić information content (AvgIpc) is 2.18. The molecule has 0 fully saturated rings. The molecule has 0 unspecified atom stereocenters. The normalized spacial score (nSPS) is 11.2. The molecule has 0 saturated heterocycles. The Morgan fingerprint density at radius 3 is 2.59 bits per heavy atom. The summed E-state index contributed by atoms with van der Waals surface area (Å²) in [4.78, 5) is 10.9. The monoisotopic (exact) mass is 258 g/mol. The van der Waals surface area contributed by atoms with Crippen LogP contribution in [0.3, 0.4) is 0 Å². The zero-order valence-electron chi connectivity index (χ0n) is 9.63. The van der Waals surface area contributed by atoms with Crippen LogP contribution in [0.4, 0.5) is 0 Å². The first-order chi connectivity index (χ1) is 7.81. The van der Waals surface area contributed by atoms with E-state index in [4.69, 9.17) is 9.84 Å². The van der Waals surface area contributed by atoms with Crippen molar-refractivity contribution in [2.45, 2.75) is 6.92 Å². The smallest absolute Gasteiger partial charge is 0.339 e. The molecule has 1 aromatic carbocycles. The summed E-state index contributed by atoms with van der Waals surface area (Å²) in [6.45, 7) is 1.66. The van der Waals surface area contributed by atoms with E-state index in [0.29, 0.717) is 5.56 Å². The van der Waals surface area contributed by atoms with E-state index in [1.807, 2.05) is 0 Å². The summed E-state index contributed by atoms with van der Waals surface area (Å²) in [5, 5.41) is 8.95. The molecule has 1 N–H and O–H groups in total. The second-order valence-corrected chi connectivity index (χ2v) is 5.99. The zero-order valence-corrected chi connectivity index (χ0v) is 10.5. The molecule has 0 bridgehead atoms. The number of para-hydroxylation sites is 1. The highest BCUT2D eigenvalue weighted by Gasteiger charge is 2.13. The van der Waals surface area contributed by atoms with E-state index in [9.17, 15) is 13.2 Å². The number of aromatic carboxylic acids is 1. The van der Waals surface area contributed by atoms with Crippen molar-refractivity contribution in [2.75, 3.05) is 18.6 Å². The minimum atomic E-state index is -3.11. The van der Waals surface area contributed by atoms with Crippen molar-refractivity contribution in [1.29, 1.82) is 0 Å². The summed E-state index contributed by atoms with van der Waals surface area (Å²) < 4.78 is 27.1. The molecule has 0 atom stereocenters. The Morgan fingerprint density at radius 2 is 2.06 bits per heavy atom. The van der Waals surface area contributed by atoms with Crippen molar-refractivity contribution in [2.24, 2.45) is 0 Å². The van der Waals surface area contributed by atoms with Gasteiger partial charge in [-0.25, -0.2) is 13.2 Å². The van der Waals surface area contributed by atoms with E-state index < -0.39 is 15.8 Å². The van der Waals surface area contributed by atoms with Gasteiger partial charge in [0.1, 0.15) is 17.9 Å². The van der Waals surface area contributed by atoms with Gasteiger partial charge in [0.2, 0.25) is 0 Å². The van der Waals surface area contributed by atoms with Crippen LogP contribution in [-0.2, 0) is 9.84 Å². The molecule has 0 aliphatic carbocycles. The second-order valence-electron chi connectivity index (χ2n) is 3.74. The molecule has 0 radical (unpaired) electrons. The highest BCUT2D eigenvalue weighted by Crippen LogP contribution is 2.23. The minimum Gasteiger partial charge on any atom is -0.491 e. The van der Waals surface area contributed by atoms with Crippen molar-refractivity contribution in [3.8, 4) is 5.75 Å². The molecular weight excluding hydrogens is 244 g/mol. The molecule has 0 saturated carbocycles. The number of ether oxygens (including phenoxy) is 1. The lowest BCUT2D eigenvalue weighted by molar-refractivity contribution is 0.0692. The number of aryl methyl sites for hydroxylation is 1. The van der Waals surface area contributed by atoms with Gasteiger partial charge in [0.05, 0.1) is 5.75 Å². The molecule has 0 aromatic heterocycles. The maximum atomic E-state index is 10.9. The average molecular weight is 258 g/mol. The Bertz CT molecular complexity index is 519. The number of carboxylic acids is 1. The molecule has 94 valence electrons. The number of hydrogen-bond donors (Lipinski definition) is 1. The van der Waals surface area contributed by atoms with Crippen LogP contribution < -0.4 is 4.74 Å². The Morgan fingerprint density at radius 1 is 1.41 bits per heavy atom. The lowest BCUT2D eigenvalue weighted by Crippen LogP contribution is -2.14. The second kappa shape index (κ2) is 5.18. The maximum absolute atomic E-state index is 10.9. The topological polar surface area (TPSA) is 80.7 Å². The number of hydrogen-bond acceptors (Lipinski definition) is 4. The van der Waals surface area contributed by atoms with Crippen molar-refractivity contribution in [3.05, 3.63) is 29.3 Å². The number of carboxylic acid groups (broad SMARTS) is 1. The molecular formula is C11H14O5S. The summed E-state index contributed by atoms with van der Waals surface area (Å²) in [5.74, 6) is -1.01. The number of rotatable bonds is 5. The summed E-state index contributed by atoms with van der Waals surface area (Å²) in [5.41, 5.74) is 0.705. The molecule has 0 heterocycles. The highest BCUT2D eigenvalue weighted by molar-refractivity contribution is 7.90. The van der Waals surface area contributed by atoms with Gasteiger partial charge >= 0.3 is 5.97 Å². The largest absolute Gasteiger partial charge is 0.491 e. The van der Waals surface area contributed by atoms with E-state index in [1.54, 1.807) is 19.1 Å². The molecule has 17 heavy (non-hydrogen) atoms. The van der Waals surface area contributed by atoms with Gasteiger partial charge in [0.15, 0.2) is 9.84 Å². The van der Waals surface area contributed by atoms with Gasteiger partial charge in [-0.15, -0.1) is 0 Å². The Labute approximate surface area is 100.0 Å². The van der Waals surface area contributed by atoms with E-state index in [0.717, 1.165) is 6.26 Å². The molecule has 0 spiro atoms. The summed E-state index contributed by atoms with van der Waals surface area (Å²) >= 11 is 0. The van der Waals surface area contributed by atoms with Crippen LogP contribution in [-0.4, -0.2) is 38.1 Å². The van der Waals surface area contributed by atoms with E-state index >= 15 is 0 Å². The van der Waals surface area contributed by atoms with Crippen LogP contribution in [0.2, 0.25) is 0 Å². The third-order valence-electron chi connectivity index (χ3n) is 2.14. The SMILES string of the molecule is Cc1cccc(C(=O)O)c1OCCS(C)(=O)=O. The van der Waals surface area contributed by atoms with Gasteiger partial charge in [0, 0.05) is 6.26 Å². The predicted octanol–water partition coefficient (Wildman–Crippen LogP) is 1.12. The number of carbonyl (C=O) groups is 1. The quantitative estimate of drug-likeness (QED) is 0.855. The van der Waals surface area contributed by atoms with Gasteiger partial charge in [0.25, 0.3) is 0 Å². The number of sulfone groups is 1. The first kappa shape index (κ1) is 13.5. The van der Waals surface area contributed by atoms with Gasteiger partial charge < -0.3 is 9.84 Å². The van der Waals surface area contributed by atoms with Crippen molar-refractivity contribution in [3.63, 3.8) is 0 Å². The van der Waals surface area contributed by atoms with Crippen LogP contribution in [0.15, 0.2) is 18.2 Å².